The van der Waals surface area contributed by atoms with Gasteiger partial charge in [-0.1, -0.05) is 18.6 Å². The minimum absolute atomic E-state index is 0.0862. The fourth-order valence-electron chi connectivity index (χ4n) is 4.27. The lowest BCUT2D eigenvalue weighted by atomic mass is 9.98. The van der Waals surface area contributed by atoms with E-state index in [1.54, 1.807) is 30.3 Å². The molecule has 0 atom stereocenters. The summed E-state index contributed by atoms with van der Waals surface area (Å²) >= 11 is 0. The molecule has 2 aliphatic rings. The molecule has 1 saturated heterocycles. The maximum absolute atomic E-state index is 13.9. The lowest BCUT2D eigenvalue weighted by Crippen LogP contribution is -2.37. The van der Waals surface area contributed by atoms with Crippen LogP contribution in [0.15, 0.2) is 30.3 Å². The molecule has 7 nitrogen and oxygen atoms in total. The normalized spacial score (nSPS) is 18.1. The van der Waals surface area contributed by atoms with Gasteiger partial charge in [-0.15, -0.1) is 0 Å². The van der Waals surface area contributed by atoms with E-state index in [9.17, 15) is 8.78 Å². The Bertz CT molecular complexity index is 1050. The summed E-state index contributed by atoms with van der Waals surface area (Å²) in [4.78, 5) is 15.4. The summed E-state index contributed by atoms with van der Waals surface area (Å²) in [5.74, 6) is 0.878. The van der Waals surface area contributed by atoms with Gasteiger partial charge in [-0.25, -0.2) is 13.8 Å². The molecule has 3 aromatic rings. The Labute approximate surface area is 179 Å². The molecule has 1 aliphatic heterocycles. The summed E-state index contributed by atoms with van der Waals surface area (Å²) in [6.07, 6.45) is 2.76. The van der Waals surface area contributed by atoms with Gasteiger partial charge >= 0.3 is 0 Å². The minimum Gasteiger partial charge on any atom is -0.474 e. The summed E-state index contributed by atoms with van der Waals surface area (Å²) in [6, 6.07) is 8.73. The van der Waals surface area contributed by atoms with Gasteiger partial charge in [0.05, 0.1) is 24.2 Å². The van der Waals surface area contributed by atoms with Crippen LogP contribution in [-0.2, 0) is 4.74 Å². The van der Waals surface area contributed by atoms with Crippen molar-refractivity contribution >= 4 is 17.0 Å². The average molecular weight is 429 g/mol. The molecule has 1 saturated carbocycles. The van der Waals surface area contributed by atoms with Gasteiger partial charge in [0.1, 0.15) is 11.9 Å². The van der Waals surface area contributed by atoms with Crippen LogP contribution in [-0.4, -0.2) is 51.9 Å². The maximum Gasteiger partial charge on any atom is 0.296 e. The molecule has 0 spiro atoms. The third kappa shape index (κ3) is 4.19. The summed E-state index contributed by atoms with van der Waals surface area (Å²) in [5, 5.41) is 0. The van der Waals surface area contributed by atoms with Crippen molar-refractivity contribution in [1.29, 1.82) is 0 Å². The fraction of sp³-hybridized carbons (Fsp3) is 0.500. The van der Waals surface area contributed by atoms with E-state index in [2.05, 4.69) is 15.0 Å². The van der Waals surface area contributed by atoms with E-state index in [0.717, 1.165) is 25.7 Å². The number of hydrogen-bond acceptors (Lipinski definition) is 6. The Morgan fingerprint density at radius 2 is 1.77 bits per heavy atom. The second-order valence-electron chi connectivity index (χ2n) is 7.94. The molecule has 1 aliphatic carbocycles. The molecule has 0 radical (unpaired) electrons. The highest BCUT2D eigenvalue weighted by Gasteiger charge is 2.24. The number of benzene rings is 1. The lowest BCUT2D eigenvalue weighted by molar-refractivity contribution is 0.121. The number of fused-ring (bicyclic) bond motifs is 1. The zero-order chi connectivity index (χ0) is 21.2. The average Bonchev–Trinajstić information content (AvgIpc) is 3.20. The number of alkyl halides is 2. The molecule has 31 heavy (non-hydrogen) atoms. The molecule has 0 N–H and O–H groups in total. The lowest BCUT2D eigenvalue weighted by Gasteiger charge is -2.28. The second-order valence-corrected chi connectivity index (χ2v) is 7.94. The fourth-order valence-corrected chi connectivity index (χ4v) is 4.27. The van der Waals surface area contributed by atoms with E-state index in [0.29, 0.717) is 55.0 Å². The number of nitrogens with zero attached hydrogens (tertiary/aromatic N) is 5. The number of morpholine rings is 1. The summed E-state index contributed by atoms with van der Waals surface area (Å²) in [7, 11) is 0. The monoisotopic (exact) mass is 429 g/mol. The van der Waals surface area contributed by atoms with Gasteiger partial charge in [0, 0.05) is 19.2 Å². The van der Waals surface area contributed by atoms with Gasteiger partial charge in [-0.3, -0.25) is 4.57 Å². The van der Waals surface area contributed by atoms with Gasteiger partial charge in [-0.2, -0.15) is 9.97 Å². The highest BCUT2D eigenvalue weighted by molar-refractivity contribution is 5.78. The van der Waals surface area contributed by atoms with E-state index in [1.165, 1.54) is 11.0 Å². The van der Waals surface area contributed by atoms with Crippen molar-refractivity contribution < 1.29 is 18.3 Å². The number of para-hydroxylation sites is 2. The Kier molecular flexibility index (Phi) is 5.67. The third-order valence-electron chi connectivity index (χ3n) is 5.82. The van der Waals surface area contributed by atoms with Crippen LogP contribution in [0.1, 0.15) is 44.4 Å². The molecule has 164 valence electrons. The Balaban J connectivity index is 1.61. The molecule has 2 fully saturated rings. The minimum atomic E-state index is -2.74. The molecule has 9 heteroatoms. The first-order chi connectivity index (χ1) is 15.2. The third-order valence-corrected chi connectivity index (χ3v) is 5.82. The molecular weight excluding hydrogens is 404 g/mol. The molecular formula is C22H25F2N5O2. The predicted octanol–water partition coefficient (Wildman–Crippen LogP) is 4.30. The van der Waals surface area contributed by atoms with Crippen molar-refractivity contribution in [2.24, 2.45) is 0 Å². The Morgan fingerprint density at radius 1 is 1.00 bits per heavy atom. The van der Waals surface area contributed by atoms with Crippen molar-refractivity contribution in [3.8, 4) is 11.7 Å². The van der Waals surface area contributed by atoms with Crippen molar-refractivity contribution in [3.05, 3.63) is 36.2 Å². The highest BCUT2D eigenvalue weighted by Crippen LogP contribution is 2.30. The van der Waals surface area contributed by atoms with Gasteiger partial charge in [0.25, 0.3) is 6.43 Å². The standard InChI is InChI=1S/C22H25F2N5O2/c23-20(24)21-25-16-8-4-5-9-17(16)29(21)18-14-19(31-15-6-2-1-3-7-15)27-22(26-18)28-10-12-30-13-11-28/h4-5,8-9,14-15,20H,1-3,6-7,10-13H2. The first-order valence-corrected chi connectivity index (χ1v) is 10.8. The number of imidazole rings is 1. The van der Waals surface area contributed by atoms with E-state index in [1.807, 2.05) is 4.90 Å². The Hall–Kier alpha value is -2.81. The maximum atomic E-state index is 13.9. The van der Waals surface area contributed by atoms with E-state index < -0.39 is 6.43 Å². The van der Waals surface area contributed by atoms with Crippen LogP contribution in [0.4, 0.5) is 14.7 Å². The van der Waals surface area contributed by atoms with Crippen molar-refractivity contribution in [1.82, 2.24) is 19.5 Å². The number of rotatable bonds is 5. The van der Waals surface area contributed by atoms with Crippen LogP contribution in [0.2, 0.25) is 0 Å². The van der Waals surface area contributed by atoms with Gasteiger partial charge < -0.3 is 14.4 Å². The quantitative estimate of drug-likeness (QED) is 0.603. The number of halogens is 2. The first-order valence-electron chi connectivity index (χ1n) is 10.8. The molecule has 0 amide bonds. The second kappa shape index (κ2) is 8.74. The summed E-state index contributed by atoms with van der Waals surface area (Å²) < 4.78 is 40.9. The molecule has 0 bridgehead atoms. The van der Waals surface area contributed by atoms with Crippen LogP contribution in [0.3, 0.4) is 0 Å². The zero-order valence-electron chi connectivity index (χ0n) is 17.2. The van der Waals surface area contributed by atoms with Gasteiger partial charge in [-0.05, 0) is 37.8 Å². The molecule has 3 heterocycles. The summed E-state index contributed by atoms with van der Waals surface area (Å²) in [5.41, 5.74) is 1.08. The SMILES string of the molecule is FC(F)c1nc2ccccc2n1-c1cc(OC2CCCCC2)nc(N2CCOCC2)n1. The van der Waals surface area contributed by atoms with E-state index in [-0.39, 0.29) is 11.9 Å². The van der Waals surface area contributed by atoms with E-state index >= 15 is 0 Å². The number of hydrogen-bond donors (Lipinski definition) is 0. The topological polar surface area (TPSA) is 65.3 Å². The smallest absolute Gasteiger partial charge is 0.296 e. The van der Waals surface area contributed by atoms with Crippen molar-refractivity contribution in [2.45, 2.75) is 44.6 Å². The van der Waals surface area contributed by atoms with Crippen LogP contribution < -0.4 is 9.64 Å². The van der Waals surface area contributed by atoms with Crippen LogP contribution in [0, 0.1) is 0 Å². The molecule has 1 aromatic carbocycles. The highest BCUT2D eigenvalue weighted by atomic mass is 19.3. The number of ether oxygens (including phenoxy) is 2. The molecule has 2 aromatic heterocycles. The Morgan fingerprint density at radius 3 is 2.55 bits per heavy atom. The van der Waals surface area contributed by atoms with Gasteiger partial charge in [0.2, 0.25) is 11.8 Å². The van der Waals surface area contributed by atoms with E-state index in [4.69, 9.17) is 9.47 Å². The molecule has 0 unspecified atom stereocenters. The summed E-state index contributed by atoms with van der Waals surface area (Å²) in [6.45, 7) is 2.42. The predicted molar refractivity (Wildman–Crippen MR) is 112 cm³/mol. The zero-order valence-corrected chi connectivity index (χ0v) is 17.2. The largest absolute Gasteiger partial charge is 0.474 e. The molecule has 5 rings (SSSR count). The first kappa shape index (κ1) is 20.1. The van der Waals surface area contributed by atoms with Crippen LogP contribution >= 0.6 is 0 Å². The van der Waals surface area contributed by atoms with Gasteiger partial charge in [0.15, 0.2) is 5.82 Å². The number of anilines is 1. The number of aromatic nitrogens is 4. The van der Waals surface area contributed by atoms with Crippen molar-refractivity contribution in [3.63, 3.8) is 0 Å². The van der Waals surface area contributed by atoms with Crippen LogP contribution in [0.5, 0.6) is 5.88 Å². The van der Waals surface area contributed by atoms with Crippen molar-refractivity contribution in [2.75, 3.05) is 31.2 Å². The van der Waals surface area contributed by atoms with Crippen LogP contribution in [0.25, 0.3) is 16.9 Å².